The van der Waals surface area contributed by atoms with Crippen LogP contribution in [0.4, 0.5) is 5.69 Å². The SMILES string of the molecule is CC(C(=O)Nc1ccc2[nH]c(=O)[nH]c2c1)N1CCCCC1. The van der Waals surface area contributed by atoms with E-state index in [4.69, 9.17) is 0 Å². The third-order valence-electron chi connectivity index (χ3n) is 4.10. The largest absolute Gasteiger partial charge is 0.325 e. The van der Waals surface area contributed by atoms with Gasteiger partial charge in [0.05, 0.1) is 17.1 Å². The van der Waals surface area contributed by atoms with Crippen molar-refractivity contribution in [2.45, 2.75) is 32.2 Å². The third kappa shape index (κ3) is 3.00. The van der Waals surface area contributed by atoms with Crippen molar-refractivity contribution < 1.29 is 4.79 Å². The Labute approximate surface area is 122 Å². The smallest absolute Gasteiger partial charge is 0.323 e. The van der Waals surface area contributed by atoms with Gasteiger partial charge in [0.1, 0.15) is 0 Å². The first-order valence-electron chi connectivity index (χ1n) is 7.40. The van der Waals surface area contributed by atoms with E-state index in [9.17, 15) is 9.59 Å². The van der Waals surface area contributed by atoms with Crippen LogP contribution >= 0.6 is 0 Å². The number of nitrogens with zero attached hydrogens (tertiary/aromatic N) is 1. The molecule has 1 unspecified atom stereocenters. The van der Waals surface area contributed by atoms with Crippen LogP contribution in [0.15, 0.2) is 23.0 Å². The Balaban J connectivity index is 1.71. The molecule has 0 spiro atoms. The van der Waals surface area contributed by atoms with Crippen LogP contribution in [0.2, 0.25) is 0 Å². The maximum atomic E-state index is 12.3. The summed E-state index contributed by atoms with van der Waals surface area (Å²) in [5, 5.41) is 2.92. The number of H-pyrrole nitrogens is 2. The normalized spacial score (nSPS) is 17.8. The predicted octanol–water partition coefficient (Wildman–Crippen LogP) is 1.67. The first-order chi connectivity index (χ1) is 10.1. The van der Waals surface area contributed by atoms with E-state index in [1.54, 1.807) is 18.2 Å². The standard InChI is InChI=1S/C15H20N4O2/c1-10(19-7-3-2-4-8-19)14(20)16-11-5-6-12-13(9-11)18-15(21)17-12/h5-6,9-10H,2-4,7-8H2,1H3,(H,16,20)(H2,17,18,21). The molecule has 1 saturated heterocycles. The number of aromatic amines is 2. The molecule has 1 atom stereocenters. The second-order valence-corrected chi connectivity index (χ2v) is 5.60. The number of imidazole rings is 1. The molecule has 1 aromatic carbocycles. The Morgan fingerprint density at radius 1 is 1.19 bits per heavy atom. The summed E-state index contributed by atoms with van der Waals surface area (Å²) in [5.74, 6) is -0.00543. The van der Waals surface area contributed by atoms with Crippen LogP contribution in [0.3, 0.4) is 0 Å². The first-order valence-corrected chi connectivity index (χ1v) is 7.40. The van der Waals surface area contributed by atoms with E-state index in [-0.39, 0.29) is 17.6 Å². The highest BCUT2D eigenvalue weighted by Crippen LogP contribution is 2.17. The molecule has 1 fully saturated rings. The van der Waals surface area contributed by atoms with Gasteiger partial charge in [0.25, 0.3) is 0 Å². The van der Waals surface area contributed by atoms with Crippen molar-refractivity contribution in [3.8, 4) is 0 Å². The van der Waals surface area contributed by atoms with Gasteiger partial charge in [-0.25, -0.2) is 4.79 Å². The fourth-order valence-electron chi connectivity index (χ4n) is 2.83. The molecule has 112 valence electrons. The maximum Gasteiger partial charge on any atom is 0.323 e. The summed E-state index contributed by atoms with van der Waals surface area (Å²) in [5.41, 5.74) is 1.90. The van der Waals surface area contributed by atoms with Crippen molar-refractivity contribution in [1.82, 2.24) is 14.9 Å². The summed E-state index contributed by atoms with van der Waals surface area (Å²) in [7, 11) is 0. The lowest BCUT2D eigenvalue weighted by Crippen LogP contribution is -2.44. The highest BCUT2D eigenvalue weighted by atomic mass is 16.2. The summed E-state index contributed by atoms with van der Waals surface area (Å²) in [6, 6.07) is 5.22. The molecule has 3 N–H and O–H groups in total. The van der Waals surface area contributed by atoms with Gasteiger partial charge >= 0.3 is 5.69 Å². The number of amides is 1. The molecule has 0 radical (unpaired) electrons. The number of fused-ring (bicyclic) bond motifs is 1. The quantitative estimate of drug-likeness (QED) is 0.803. The van der Waals surface area contributed by atoms with E-state index in [1.165, 1.54) is 6.42 Å². The monoisotopic (exact) mass is 288 g/mol. The second-order valence-electron chi connectivity index (χ2n) is 5.60. The van der Waals surface area contributed by atoms with Gasteiger partial charge in [-0.1, -0.05) is 6.42 Å². The molecule has 6 heteroatoms. The number of piperidine rings is 1. The zero-order valence-electron chi connectivity index (χ0n) is 12.1. The molecule has 1 aliphatic rings. The topological polar surface area (TPSA) is 81.0 Å². The molecule has 6 nitrogen and oxygen atoms in total. The van der Waals surface area contributed by atoms with Gasteiger partial charge in [-0.2, -0.15) is 0 Å². The average molecular weight is 288 g/mol. The number of carbonyl (C=O) groups excluding carboxylic acids is 1. The molecule has 0 saturated carbocycles. The average Bonchev–Trinajstić information content (AvgIpc) is 2.86. The molecule has 1 aliphatic heterocycles. The van der Waals surface area contributed by atoms with Crippen molar-refractivity contribution in [1.29, 1.82) is 0 Å². The molecule has 0 aliphatic carbocycles. The van der Waals surface area contributed by atoms with E-state index < -0.39 is 0 Å². The molecule has 2 heterocycles. The third-order valence-corrected chi connectivity index (χ3v) is 4.10. The Kier molecular flexibility index (Phi) is 3.79. The van der Waals surface area contributed by atoms with Crippen LogP contribution in [-0.4, -0.2) is 39.9 Å². The van der Waals surface area contributed by atoms with Crippen LogP contribution in [0.5, 0.6) is 0 Å². The van der Waals surface area contributed by atoms with Crippen molar-refractivity contribution in [3.63, 3.8) is 0 Å². The highest BCUT2D eigenvalue weighted by molar-refractivity contribution is 5.96. The van der Waals surface area contributed by atoms with Gasteiger partial charge in [0.2, 0.25) is 5.91 Å². The summed E-state index contributed by atoms with van der Waals surface area (Å²) in [4.78, 5) is 31.1. The van der Waals surface area contributed by atoms with Gasteiger partial charge < -0.3 is 15.3 Å². The molecule has 3 rings (SSSR count). The van der Waals surface area contributed by atoms with Crippen LogP contribution in [-0.2, 0) is 4.79 Å². The van der Waals surface area contributed by atoms with E-state index in [1.807, 2.05) is 6.92 Å². The Bertz CT molecular complexity index is 697. The van der Waals surface area contributed by atoms with Crippen LogP contribution < -0.4 is 11.0 Å². The van der Waals surface area contributed by atoms with Gasteiger partial charge in [0.15, 0.2) is 0 Å². The fourth-order valence-corrected chi connectivity index (χ4v) is 2.83. The predicted molar refractivity (Wildman–Crippen MR) is 82.4 cm³/mol. The lowest BCUT2D eigenvalue weighted by atomic mass is 10.1. The summed E-state index contributed by atoms with van der Waals surface area (Å²) >= 11 is 0. The van der Waals surface area contributed by atoms with Crippen molar-refractivity contribution >= 4 is 22.6 Å². The number of hydrogen-bond acceptors (Lipinski definition) is 3. The minimum Gasteiger partial charge on any atom is -0.325 e. The number of carbonyl (C=O) groups is 1. The number of likely N-dealkylation sites (tertiary alicyclic amines) is 1. The summed E-state index contributed by atoms with van der Waals surface area (Å²) in [6.45, 7) is 3.91. The van der Waals surface area contributed by atoms with Gasteiger partial charge in [-0.3, -0.25) is 9.69 Å². The van der Waals surface area contributed by atoms with Crippen LogP contribution in [0.25, 0.3) is 11.0 Å². The van der Waals surface area contributed by atoms with E-state index in [2.05, 4.69) is 20.2 Å². The van der Waals surface area contributed by atoms with Crippen molar-refractivity contribution in [2.24, 2.45) is 0 Å². The van der Waals surface area contributed by atoms with E-state index in [0.29, 0.717) is 11.2 Å². The summed E-state index contributed by atoms with van der Waals surface area (Å²) in [6.07, 6.45) is 3.57. The lowest BCUT2D eigenvalue weighted by Gasteiger charge is -2.31. The minimum absolute atomic E-state index is 0.00543. The Hall–Kier alpha value is -2.08. The second kappa shape index (κ2) is 5.73. The molecule has 21 heavy (non-hydrogen) atoms. The van der Waals surface area contributed by atoms with Crippen molar-refractivity contribution in [2.75, 3.05) is 18.4 Å². The first kappa shape index (κ1) is 13.9. The molecular weight excluding hydrogens is 268 g/mol. The zero-order valence-corrected chi connectivity index (χ0v) is 12.1. The fraction of sp³-hybridized carbons (Fsp3) is 0.467. The molecule has 0 bridgehead atoms. The number of anilines is 1. The Morgan fingerprint density at radius 3 is 2.67 bits per heavy atom. The highest BCUT2D eigenvalue weighted by Gasteiger charge is 2.22. The van der Waals surface area contributed by atoms with E-state index in [0.717, 1.165) is 31.4 Å². The van der Waals surface area contributed by atoms with Gasteiger partial charge in [0, 0.05) is 5.69 Å². The minimum atomic E-state index is -0.241. The number of hydrogen-bond donors (Lipinski definition) is 3. The molecule has 2 aromatic rings. The lowest BCUT2D eigenvalue weighted by molar-refractivity contribution is -0.121. The van der Waals surface area contributed by atoms with Crippen LogP contribution in [0.1, 0.15) is 26.2 Å². The number of aromatic nitrogens is 2. The number of benzene rings is 1. The number of nitrogens with one attached hydrogen (secondary N) is 3. The van der Waals surface area contributed by atoms with Crippen LogP contribution in [0, 0.1) is 0 Å². The molecule has 1 aromatic heterocycles. The number of rotatable bonds is 3. The molecular formula is C15H20N4O2. The van der Waals surface area contributed by atoms with Gasteiger partial charge in [-0.05, 0) is 51.1 Å². The van der Waals surface area contributed by atoms with E-state index >= 15 is 0 Å². The van der Waals surface area contributed by atoms with Crippen molar-refractivity contribution in [3.05, 3.63) is 28.7 Å². The zero-order chi connectivity index (χ0) is 14.8. The molecule has 1 amide bonds. The maximum absolute atomic E-state index is 12.3. The Morgan fingerprint density at radius 2 is 1.90 bits per heavy atom. The summed E-state index contributed by atoms with van der Waals surface area (Å²) < 4.78 is 0. The van der Waals surface area contributed by atoms with Gasteiger partial charge in [-0.15, -0.1) is 0 Å².